The van der Waals surface area contributed by atoms with Crippen molar-refractivity contribution in [1.82, 2.24) is 35.0 Å². The molecule has 15 nitrogen and oxygen atoms in total. The highest BCUT2D eigenvalue weighted by molar-refractivity contribution is 7.85. The number of halogens is 3. The molecular weight excluding hydrogens is 808 g/mol. The van der Waals surface area contributed by atoms with E-state index in [1.807, 2.05) is 32.9 Å². The Morgan fingerprint density at radius 1 is 1.12 bits per heavy atom. The summed E-state index contributed by atoms with van der Waals surface area (Å²) in [4.78, 5) is 62.7. The molecule has 4 heterocycles. The minimum atomic E-state index is -4.57. The number of hydrogen-bond acceptors (Lipinski definition) is 10. The molecule has 1 aromatic carbocycles. The zero-order valence-electron chi connectivity index (χ0n) is 33.9. The quantitative estimate of drug-likeness (QED) is 0.231. The van der Waals surface area contributed by atoms with E-state index in [2.05, 4.69) is 25.4 Å². The van der Waals surface area contributed by atoms with Crippen molar-refractivity contribution in [2.24, 2.45) is 5.92 Å². The number of carbonyl (C=O) groups excluding carboxylic acids is 4. The van der Waals surface area contributed by atoms with Gasteiger partial charge in [-0.15, -0.1) is 0 Å². The van der Waals surface area contributed by atoms with Crippen molar-refractivity contribution in [3.05, 3.63) is 53.9 Å². The molecule has 19 heteroatoms. The SMILES string of the molecule is CCOc1cc(O[C@@H]2C[C@H]3C(=O)N[C@]4(C(=O)NS(=O)C5(C)CC5)CC4/C=C\CCCCC[C@H](NC(=O)c4ccn(CC(F)(F)F)n4)C(=O)N3C2)c2ccc(OC)c(C)c2n1. The van der Waals surface area contributed by atoms with Crippen molar-refractivity contribution < 1.29 is 50.8 Å². The van der Waals surface area contributed by atoms with E-state index in [9.17, 15) is 36.6 Å². The van der Waals surface area contributed by atoms with Crippen LogP contribution in [-0.4, -0.2) is 102 Å². The zero-order valence-corrected chi connectivity index (χ0v) is 34.7. The molecule has 2 saturated carbocycles. The van der Waals surface area contributed by atoms with Crippen LogP contribution in [-0.2, 0) is 31.9 Å². The number of aryl methyl sites for hydroxylation is 1. The topological polar surface area (TPSA) is 183 Å². The number of methoxy groups -OCH3 is 1. The Labute approximate surface area is 347 Å². The van der Waals surface area contributed by atoms with Gasteiger partial charge in [0.15, 0.2) is 0 Å². The number of carbonyl (C=O) groups is 4. The number of ether oxygens (including phenoxy) is 3. The summed E-state index contributed by atoms with van der Waals surface area (Å²) in [6.45, 7) is 4.32. The molecule has 1 saturated heterocycles. The van der Waals surface area contributed by atoms with E-state index in [0.29, 0.717) is 65.8 Å². The maximum atomic E-state index is 14.7. The summed E-state index contributed by atoms with van der Waals surface area (Å²) in [5.74, 6) is -1.77. The average Bonchev–Trinajstić information content (AvgIpc) is 3.98. The zero-order chi connectivity index (χ0) is 43.0. The molecule has 4 amide bonds. The van der Waals surface area contributed by atoms with Crippen molar-refractivity contribution >= 4 is 45.5 Å². The van der Waals surface area contributed by atoms with E-state index in [1.165, 1.54) is 4.90 Å². The van der Waals surface area contributed by atoms with Crippen LogP contribution in [0.1, 0.15) is 87.7 Å². The van der Waals surface area contributed by atoms with Crippen LogP contribution >= 0.6 is 0 Å². The first-order chi connectivity index (χ1) is 28.5. The van der Waals surface area contributed by atoms with Crippen LogP contribution in [0.5, 0.6) is 17.4 Å². The minimum Gasteiger partial charge on any atom is -0.496 e. The fraction of sp³-hybridized carbons (Fsp3) is 0.561. The molecule has 0 radical (unpaired) electrons. The first kappa shape index (κ1) is 42.9. The molecule has 60 heavy (non-hydrogen) atoms. The van der Waals surface area contributed by atoms with Gasteiger partial charge in [0.1, 0.15) is 58.4 Å². The molecule has 3 N–H and O–H groups in total. The Hall–Kier alpha value is -5.20. The van der Waals surface area contributed by atoms with Gasteiger partial charge < -0.3 is 29.7 Å². The molecule has 2 aliphatic carbocycles. The summed E-state index contributed by atoms with van der Waals surface area (Å²) in [6.07, 6.45) is 3.91. The van der Waals surface area contributed by atoms with E-state index >= 15 is 0 Å². The molecule has 6 atom stereocenters. The van der Waals surface area contributed by atoms with Crippen LogP contribution in [0.25, 0.3) is 10.9 Å². The number of fused-ring (bicyclic) bond motifs is 3. The Morgan fingerprint density at radius 3 is 2.62 bits per heavy atom. The van der Waals surface area contributed by atoms with E-state index in [-0.39, 0.29) is 43.3 Å². The summed E-state index contributed by atoms with van der Waals surface area (Å²) >= 11 is 0. The highest BCUT2D eigenvalue weighted by Gasteiger charge is 2.62. The van der Waals surface area contributed by atoms with Gasteiger partial charge >= 0.3 is 6.18 Å². The maximum absolute atomic E-state index is 14.7. The Kier molecular flexibility index (Phi) is 12.2. The third-order valence-corrected chi connectivity index (χ3v) is 13.4. The normalized spacial score (nSPS) is 26.4. The Morgan fingerprint density at radius 2 is 1.90 bits per heavy atom. The lowest BCUT2D eigenvalue weighted by molar-refractivity contribution is -0.142. The number of rotatable bonds is 11. The van der Waals surface area contributed by atoms with Gasteiger partial charge in [0, 0.05) is 35.6 Å². The van der Waals surface area contributed by atoms with E-state index in [0.717, 1.165) is 24.2 Å². The average molecular weight is 858 g/mol. The third-order valence-electron chi connectivity index (χ3n) is 11.7. The van der Waals surface area contributed by atoms with E-state index in [4.69, 9.17) is 14.2 Å². The molecule has 2 unspecified atom stereocenters. The minimum absolute atomic E-state index is 0.00871. The lowest BCUT2D eigenvalue weighted by Gasteiger charge is -2.30. The first-order valence-corrected chi connectivity index (χ1v) is 21.4. The number of pyridine rings is 1. The van der Waals surface area contributed by atoms with Crippen LogP contribution in [0.2, 0.25) is 0 Å². The van der Waals surface area contributed by atoms with Crippen molar-refractivity contribution in [3.63, 3.8) is 0 Å². The van der Waals surface area contributed by atoms with Gasteiger partial charge in [0.25, 0.3) is 11.8 Å². The predicted molar refractivity (Wildman–Crippen MR) is 213 cm³/mol. The molecule has 3 aromatic rings. The van der Waals surface area contributed by atoms with Gasteiger partial charge in [-0.25, -0.2) is 9.19 Å². The fourth-order valence-corrected chi connectivity index (χ4v) is 8.96. The van der Waals surface area contributed by atoms with Crippen LogP contribution in [0, 0.1) is 12.8 Å². The second-order valence-corrected chi connectivity index (χ2v) is 17.9. The number of nitrogens with one attached hydrogen (secondary N) is 3. The monoisotopic (exact) mass is 857 g/mol. The van der Waals surface area contributed by atoms with Gasteiger partial charge in [-0.2, -0.15) is 18.3 Å². The van der Waals surface area contributed by atoms with Gasteiger partial charge in [0.05, 0.1) is 30.5 Å². The number of benzene rings is 1. The van der Waals surface area contributed by atoms with Crippen molar-refractivity contribution in [2.75, 3.05) is 20.3 Å². The van der Waals surface area contributed by atoms with Crippen LogP contribution < -0.4 is 29.6 Å². The fourth-order valence-electron chi connectivity index (χ4n) is 7.89. The second kappa shape index (κ2) is 17.0. The summed E-state index contributed by atoms with van der Waals surface area (Å²) in [6, 6.07) is 3.98. The first-order valence-electron chi connectivity index (χ1n) is 20.2. The predicted octanol–water partition coefficient (Wildman–Crippen LogP) is 4.58. The Balaban J connectivity index is 1.21. The van der Waals surface area contributed by atoms with Crippen molar-refractivity contribution in [1.29, 1.82) is 0 Å². The highest BCUT2D eigenvalue weighted by Crippen LogP contribution is 2.47. The molecule has 4 aliphatic rings. The smallest absolute Gasteiger partial charge is 0.408 e. The lowest BCUT2D eigenvalue weighted by Crippen LogP contribution is -2.58. The number of nitrogens with zero attached hydrogens (tertiary/aromatic N) is 4. The van der Waals surface area contributed by atoms with Crippen molar-refractivity contribution in [2.45, 2.75) is 120 Å². The van der Waals surface area contributed by atoms with Crippen LogP contribution in [0.15, 0.2) is 42.6 Å². The summed E-state index contributed by atoms with van der Waals surface area (Å²) in [7, 11) is -0.122. The summed E-state index contributed by atoms with van der Waals surface area (Å²) in [5, 5.41) is 10.0. The molecular formula is C41H50F3N7O8S. The second-order valence-electron chi connectivity index (χ2n) is 16.2. The van der Waals surface area contributed by atoms with Gasteiger partial charge in [-0.3, -0.25) is 28.6 Å². The summed E-state index contributed by atoms with van der Waals surface area (Å²) < 4.78 is 73.0. The number of amides is 4. The van der Waals surface area contributed by atoms with Crippen LogP contribution in [0.4, 0.5) is 13.2 Å². The number of aromatic nitrogens is 3. The largest absolute Gasteiger partial charge is 0.496 e. The Bertz CT molecular complexity index is 2210. The molecule has 324 valence electrons. The number of alkyl halides is 3. The van der Waals surface area contributed by atoms with Crippen LogP contribution in [0.3, 0.4) is 0 Å². The molecule has 7 rings (SSSR count). The molecule has 3 fully saturated rings. The van der Waals surface area contributed by atoms with Crippen molar-refractivity contribution in [3.8, 4) is 17.4 Å². The van der Waals surface area contributed by atoms with Gasteiger partial charge in [-0.1, -0.05) is 25.0 Å². The molecule has 0 bridgehead atoms. The summed E-state index contributed by atoms with van der Waals surface area (Å²) in [5.41, 5.74) is -0.410. The number of allylic oxidation sites excluding steroid dienone is 1. The third kappa shape index (κ3) is 9.24. The molecule has 2 aromatic heterocycles. The highest BCUT2D eigenvalue weighted by atomic mass is 32.2. The standard InChI is InChI=1S/C41H50F3N7O8S/c1-5-58-33-20-32(27-13-14-31(57-4)24(2)34(27)46-33)59-26-19-30-36(53)47-40(38(55)49-60(56)39(3)16-17-39)21-25(40)11-9-7-6-8-10-12-29(37(54)51(30)22-26)45-35(52)28-15-18-50(48-28)23-41(42,43)44/h9,11,13-15,18,20,25-26,29-30H,5-8,10,12,16-17,19,21-23H2,1-4H3,(H,45,52)(H,47,53)(H,49,55)/b11-9-/t25?,26-,29+,30+,40-,60?/m1/s1. The number of hydrogen-bond donors (Lipinski definition) is 3. The lowest BCUT2D eigenvalue weighted by atomic mass is 10.0. The van der Waals surface area contributed by atoms with E-state index in [1.54, 1.807) is 25.3 Å². The van der Waals surface area contributed by atoms with E-state index < -0.39 is 75.8 Å². The molecule has 0 spiro atoms. The van der Waals surface area contributed by atoms with Gasteiger partial charge in [-0.05, 0) is 77.5 Å². The molecule has 2 aliphatic heterocycles. The van der Waals surface area contributed by atoms with Gasteiger partial charge in [0.2, 0.25) is 17.7 Å². The maximum Gasteiger partial charge on any atom is 0.408 e.